The average molecular weight is 453 g/mol. The van der Waals surface area contributed by atoms with Crippen LogP contribution in [0.5, 0.6) is 0 Å². The first-order valence-electron chi connectivity index (χ1n) is 8.69. The van der Waals surface area contributed by atoms with Gasteiger partial charge in [0.05, 0.1) is 4.91 Å². The lowest BCUT2D eigenvalue weighted by atomic mass is 10.1. The van der Waals surface area contributed by atoms with Crippen LogP contribution in [-0.2, 0) is 30.4 Å². The molecule has 0 spiro atoms. The second-order valence-corrected chi connectivity index (χ2v) is 8.19. The van der Waals surface area contributed by atoms with Crippen molar-refractivity contribution in [3.63, 3.8) is 0 Å². The number of thiocarbonyl (C=S) groups is 1. The number of carbonyl (C=O) groups excluding carboxylic acids is 5. The minimum Gasteiger partial charge on any atom is -0.356 e. The molecular weight excluding hydrogens is 436 g/mol. The molecule has 0 radical (unpaired) electrons. The van der Waals surface area contributed by atoms with Crippen molar-refractivity contribution in [1.29, 1.82) is 0 Å². The van der Waals surface area contributed by atoms with Crippen LogP contribution in [0, 0.1) is 0 Å². The molecule has 0 saturated carbocycles. The average Bonchev–Trinajstić information content (AvgIpc) is 3.13. The van der Waals surface area contributed by atoms with E-state index in [-0.39, 0.29) is 43.1 Å². The number of halogens is 1. The summed E-state index contributed by atoms with van der Waals surface area (Å²) in [7, 11) is 0. The van der Waals surface area contributed by atoms with Crippen LogP contribution in [0.3, 0.4) is 0 Å². The number of nitrogens with one attached hydrogen (secondary N) is 1. The lowest BCUT2D eigenvalue weighted by Gasteiger charge is -2.14. The third-order valence-electron chi connectivity index (χ3n) is 4.18. The van der Waals surface area contributed by atoms with E-state index in [1.165, 1.54) is 4.90 Å². The summed E-state index contributed by atoms with van der Waals surface area (Å²) in [5.41, 5.74) is 1.94. The van der Waals surface area contributed by atoms with E-state index in [1.54, 1.807) is 18.2 Å². The SMILES string of the molecule is CCCNC(=O)CCN1C(=O)/C(=C2/C(=O)Cc3ccc(Cl)cc32)SC1=S.O=C=O. The second-order valence-electron chi connectivity index (χ2n) is 6.11. The van der Waals surface area contributed by atoms with E-state index < -0.39 is 0 Å². The van der Waals surface area contributed by atoms with Crippen molar-refractivity contribution in [3.8, 4) is 0 Å². The molecule has 2 aliphatic rings. The fourth-order valence-electron chi connectivity index (χ4n) is 2.90. The summed E-state index contributed by atoms with van der Waals surface area (Å²) in [6.45, 7) is 2.78. The topological polar surface area (TPSA) is 101 Å². The van der Waals surface area contributed by atoms with Crippen LogP contribution >= 0.6 is 35.6 Å². The number of amides is 2. The van der Waals surface area contributed by atoms with Crippen molar-refractivity contribution < 1.29 is 24.0 Å². The van der Waals surface area contributed by atoms with Gasteiger partial charge in [0.2, 0.25) is 5.91 Å². The van der Waals surface area contributed by atoms with E-state index in [4.69, 9.17) is 33.4 Å². The number of allylic oxidation sites excluding steroid dienone is 1. The van der Waals surface area contributed by atoms with Gasteiger partial charge in [-0.15, -0.1) is 0 Å². The van der Waals surface area contributed by atoms with Crippen molar-refractivity contribution >= 4 is 69.2 Å². The lowest BCUT2D eigenvalue weighted by Crippen LogP contribution is -2.33. The van der Waals surface area contributed by atoms with E-state index >= 15 is 0 Å². The first kappa shape index (κ1) is 23.0. The molecule has 0 bridgehead atoms. The van der Waals surface area contributed by atoms with Crippen molar-refractivity contribution in [2.75, 3.05) is 13.1 Å². The Balaban J connectivity index is 0.000000941. The van der Waals surface area contributed by atoms with Crippen molar-refractivity contribution in [1.82, 2.24) is 10.2 Å². The number of carbonyl (C=O) groups is 3. The van der Waals surface area contributed by atoms with Gasteiger partial charge in [-0.2, -0.15) is 9.59 Å². The van der Waals surface area contributed by atoms with Crippen molar-refractivity contribution in [2.24, 2.45) is 0 Å². The third-order valence-corrected chi connectivity index (χ3v) is 5.87. The first-order chi connectivity index (χ1) is 13.8. The van der Waals surface area contributed by atoms with Gasteiger partial charge in [-0.25, -0.2) is 0 Å². The highest BCUT2D eigenvalue weighted by atomic mass is 35.5. The summed E-state index contributed by atoms with van der Waals surface area (Å²) >= 11 is 12.5. The predicted octanol–water partition coefficient (Wildman–Crippen LogP) is 2.37. The van der Waals surface area contributed by atoms with Crippen LogP contribution in [-0.4, -0.2) is 46.1 Å². The fraction of sp³-hybridized carbons (Fsp3) is 0.316. The summed E-state index contributed by atoms with van der Waals surface area (Å²) in [5, 5.41) is 3.28. The highest BCUT2D eigenvalue weighted by molar-refractivity contribution is 8.26. The summed E-state index contributed by atoms with van der Waals surface area (Å²) in [4.78, 5) is 55.0. The molecule has 0 aromatic heterocycles. The van der Waals surface area contributed by atoms with Gasteiger partial charge in [0.15, 0.2) is 5.78 Å². The molecule has 1 N–H and O–H groups in total. The number of ketones is 1. The number of fused-ring (bicyclic) bond motifs is 1. The third kappa shape index (κ3) is 5.39. The van der Waals surface area contributed by atoms with Gasteiger partial charge in [-0.05, 0) is 29.7 Å². The van der Waals surface area contributed by atoms with Crippen LogP contribution in [0.15, 0.2) is 23.1 Å². The maximum atomic E-state index is 12.8. The van der Waals surface area contributed by atoms with Crippen LogP contribution < -0.4 is 5.32 Å². The normalized spacial score (nSPS) is 17.6. The molecule has 1 saturated heterocycles. The second kappa shape index (κ2) is 10.5. The lowest BCUT2D eigenvalue weighted by molar-refractivity contribution is -0.191. The molecule has 0 atom stereocenters. The van der Waals surface area contributed by atoms with Gasteiger partial charge in [0.1, 0.15) is 4.32 Å². The Morgan fingerprint density at radius 2 is 2.03 bits per heavy atom. The summed E-state index contributed by atoms with van der Waals surface area (Å²) in [5.74, 6) is -0.550. The Hall–Kier alpha value is -2.32. The Bertz CT molecular complexity index is 939. The van der Waals surface area contributed by atoms with E-state index in [0.717, 1.165) is 23.7 Å². The highest BCUT2D eigenvalue weighted by Crippen LogP contribution is 2.42. The minimum absolute atomic E-state index is 0.108. The minimum atomic E-state index is -0.320. The summed E-state index contributed by atoms with van der Waals surface area (Å²) < 4.78 is 0.365. The number of benzene rings is 1. The van der Waals surface area contributed by atoms with E-state index in [9.17, 15) is 14.4 Å². The largest absolute Gasteiger partial charge is 0.373 e. The summed E-state index contributed by atoms with van der Waals surface area (Å²) in [6.07, 6.45) is 1.53. The molecule has 7 nitrogen and oxygen atoms in total. The van der Waals surface area contributed by atoms with Crippen molar-refractivity contribution in [2.45, 2.75) is 26.2 Å². The smallest absolute Gasteiger partial charge is 0.356 e. The molecule has 1 heterocycles. The van der Waals surface area contributed by atoms with Crippen LogP contribution in [0.2, 0.25) is 5.02 Å². The Kier molecular flexibility index (Phi) is 8.28. The van der Waals surface area contributed by atoms with E-state index in [1.807, 2.05) is 6.92 Å². The molecule has 1 aliphatic carbocycles. The zero-order chi connectivity index (χ0) is 21.6. The van der Waals surface area contributed by atoms with Crippen LogP contribution in [0.1, 0.15) is 30.9 Å². The molecule has 2 amide bonds. The summed E-state index contributed by atoms with van der Waals surface area (Å²) in [6, 6.07) is 5.25. The number of nitrogens with zero attached hydrogens (tertiary/aromatic N) is 1. The molecule has 3 rings (SSSR count). The van der Waals surface area contributed by atoms with Crippen molar-refractivity contribution in [3.05, 3.63) is 39.3 Å². The van der Waals surface area contributed by atoms with Gasteiger partial charge in [0, 0.05) is 36.5 Å². The predicted molar refractivity (Wildman–Crippen MR) is 112 cm³/mol. The first-order valence-corrected chi connectivity index (χ1v) is 10.3. The van der Waals surface area contributed by atoms with E-state index in [0.29, 0.717) is 31.9 Å². The maximum absolute atomic E-state index is 12.8. The van der Waals surface area contributed by atoms with Gasteiger partial charge < -0.3 is 5.32 Å². The number of hydrogen-bond acceptors (Lipinski definition) is 7. The number of rotatable bonds is 5. The zero-order valence-corrected chi connectivity index (χ0v) is 17.8. The molecule has 1 fully saturated rings. The molecule has 1 aromatic rings. The number of hydrogen-bond donors (Lipinski definition) is 1. The van der Waals surface area contributed by atoms with E-state index in [2.05, 4.69) is 5.32 Å². The Labute approximate surface area is 181 Å². The standard InChI is InChI=1S/C18H17ClN2O3S2.CO2/c1-2-6-20-14(23)5-7-21-17(24)16(26-18(21)25)15-12-9-11(19)4-3-10(12)8-13(15)22;2-1-3/h3-4,9H,2,5-8H2,1H3,(H,20,23);/b16-15-;. The van der Waals surface area contributed by atoms with Crippen LogP contribution in [0.25, 0.3) is 5.57 Å². The molecule has 0 unspecified atom stereocenters. The number of thioether (sulfide) groups is 1. The molecule has 29 heavy (non-hydrogen) atoms. The number of Topliss-reactive ketones (excluding diaryl/α,β-unsaturated/α-hetero) is 1. The quantitative estimate of drug-likeness (QED) is 0.540. The van der Waals surface area contributed by atoms with Gasteiger partial charge >= 0.3 is 6.15 Å². The Morgan fingerprint density at radius 1 is 1.34 bits per heavy atom. The zero-order valence-electron chi connectivity index (χ0n) is 15.5. The molecule has 152 valence electrons. The maximum Gasteiger partial charge on any atom is 0.373 e. The molecule has 1 aliphatic heterocycles. The van der Waals surface area contributed by atoms with Gasteiger partial charge in [0.25, 0.3) is 5.91 Å². The molecular formula is C19H17ClN2O5S2. The fourth-order valence-corrected chi connectivity index (χ4v) is 4.48. The molecule has 1 aromatic carbocycles. The highest BCUT2D eigenvalue weighted by Gasteiger charge is 2.39. The van der Waals surface area contributed by atoms with Crippen LogP contribution in [0.4, 0.5) is 0 Å². The van der Waals surface area contributed by atoms with Gasteiger partial charge in [-0.3, -0.25) is 19.3 Å². The monoisotopic (exact) mass is 452 g/mol. The van der Waals surface area contributed by atoms with Gasteiger partial charge in [-0.1, -0.05) is 48.6 Å². The molecule has 10 heteroatoms. The Morgan fingerprint density at radius 3 is 2.69 bits per heavy atom.